The second-order valence-corrected chi connectivity index (χ2v) is 3.49. The molecule has 0 amide bonds. The molecule has 1 aromatic rings. The minimum atomic E-state index is -4.52. The van der Waals surface area contributed by atoms with Crippen molar-refractivity contribution in [1.82, 2.24) is 0 Å². The minimum absolute atomic E-state index is 0.134. The fraction of sp³-hybridized carbons (Fsp3) is 0.222. The maximum atomic E-state index is 12.3. The lowest BCUT2D eigenvalue weighted by Gasteiger charge is -2.08. The van der Waals surface area contributed by atoms with Crippen LogP contribution in [0.25, 0.3) is 0 Å². The Morgan fingerprint density at radius 1 is 1.27 bits per heavy atom. The molecule has 15 heavy (non-hydrogen) atoms. The fourth-order valence-electron chi connectivity index (χ4n) is 0.991. The van der Waals surface area contributed by atoms with Crippen LogP contribution in [0, 0.1) is 0 Å². The highest BCUT2D eigenvalue weighted by Gasteiger charge is 2.31. The average molecular weight is 257 g/mol. The van der Waals surface area contributed by atoms with Gasteiger partial charge in [-0.1, -0.05) is 11.6 Å². The molecule has 0 spiro atoms. The van der Waals surface area contributed by atoms with Crippen LogP contribution in [0.15, 0.2) is 18.2 Å². The summed E-state index contributed by atoms with van der Waals surface area (Å²) < 4.78 is 36.9. The zero-order valence-corrected chi connectivity index (χ0v) is 8.75. The van der Waals surface area contributed by atoms with Crippen molar-refractivity contribution >= 4 is 29.0 Å². The van der Waals surface area contributed by atoms with E-state index in [0.717, 1.165) is 18.2 Å². The summed E-state index contributed by atoms with van der Waals surface area (Å²) in [6.45, 7) is 0. The van der Waals surface area contributed by atoms with E-state index in [1.807, 2.05) is 0 Å². The quantitative estimate of drug-likeness (QED) is 0.582. The number of alkyl halides is 4. The smallest absolute Gasteiger partial charge is 0.293 e. The molecule has 0 atom stereocenters. The highest BCUT2D eigenvalue weighted by molar-refractivity contribution is 6.32. The van der Waals surface area contributed by atoms with Gasteiger partial charge >= 0.3 is 6.18 Å². The first-order valence-corrected chi connectivity index (χ1v) is 4.73. The molecule has 0 fully saturated rings. The van der Waals surface area contributed by atoms with Crippen LogP contribution in [0.2, 0.25) is 5.02 Å². The molecule has 0 aliphatic heterocycles. The molecule has 0 unspecified atom stereocenters. The van der Waals surface area contributed by atoms with E-state index in [-0.39, 0.29) is 16.5 Å². The van der Waals surface area contributed by atoms with Crippen LogP contribution in [0.5, 0.6) is 0 Å². The van der Waals surface area contributed by atoms with E-state index in [0.29, 0.717) is 0 Å². The number of benzene rings is 1. The van der Waals surface area contributed by atoms with Gasteiger partial charge in [0.2, 0.25) is 0 Å². The number of ketones is 1. The van der Waals surface area contributed by atoms with Crippen molar-refractivity contribution in [3.63, 3.8) is 0 Å². The lowest BCUT2D eigenvalue weighted by atomic mass is 10.1. The Labute approximate surface area is 93.8 Å². The van der Waals surface area contributed by atoms with Gasteiger partial charge in [0.25, 0.3) is 0 Å². The van der Waals surface area contributed by atoms with E-state index in [1.165, 1.54) is 0 Å². The topological polar surface area (TPSA) is 17.1 Å². The van der Waals surface area contributed by atoms with E-state index >= 15 is 0 Å². The summed E-state index contributed by atoms with van der Waals surface area (Å²) in [6, 6.07) is 2.64. The Morgan fingerprint density at radius 2 is 1.87 bits per heavy atom. The number of halogens is 5. The predicted octanol–water partition coefficient (Wildman–Crippen LogP) is 3.78. The monoisotopic (exact) mass is 256 g/mol. The van der Waals surface area contributed by atoms with Crippen LogP contribution in [0.3, 0.4) is 0 Å². The van der Waals surface area contributed by atoms with Gasteiger partial charge in [0, 0.05) is 10.6 Å². The Morgan fingerprint density at radius 3 is 2.33 bits per heavy atom. The molecule has 0 N–H and O–H groups in total. The summed E-state index contributed by atoms with van der Waals surface area (Å²) in [6.07, 6.45) is -4.52. The van der Waals surface area contributed by atoms with Gasteiger partial charge < -0.3 is 0 Å². The molecule has 1 nitrogen and oxygen atoms in total. The molecule has 6 heteroatoms. The van der Waals surface area contributed by atoms with Crippen molar-refractivity contribution in [2.24, 2.45) is 0 Å². The molecule has 82 valence electrons. The molecule has 0 bridgehead atoms. The van der Waals surface area contributed by atoms with Crippen molar-refractivity contribution in [3.05, 3.63) is 34.3 Å². The Bertz CT molecular complexity index is 387. The van der Waals surface area contributed by atoms with Crippen molar-refractivity contribution in [1.29, 1.82) is 0 Å². The second-order valence-electron chi connectivity index (χ2n) is 2.78. The normalized spacial score (nSPS) is 11.5. The lowest BCUT2D eigenvalue weighted by Crippen LogP contribution is -2.08. The van der Waals surface area contributed by atoms with Crippen LogP contribution < -0.4 is 0 Å². The number of hydrogen-bond acceptors (Lipinski definition) is 1. The van der Waals surface area contributed by atoms with Gasteiger partial charge in [-0.25, -0.2) is 0 Å². The standard InChI is InChI=1S/C9H5Cl2F3O/c10-4-8(15)5-1-6(9(12,13)14)3-7(11)2-5/h1-3H,4H2. The molecule has 1 aromatic carbocycles. The lowest BCUT2D eigenvalue weighted by molar-refractivity contribution is -0.137. The summed E-state index contributed by atoms with van der Waals surface area (Å²) in [4.78, 5) is 11.1. The third-order valence-corrected chi connectivity index (χ3v) is 2.13. The summed E-state index contributed by atoms with van der Waals surface area (Å²) in [7, 11) is 0. The highest BCUT2D eigenvalue weighted by Crippen LogP contribution is 2.31. The third-order valence-electron chi connectivity index (χ3n) is 1.67. The predicted molar refractivity (Wildman–Crippen MR) is 51.5 cm³/mol. The molecule has 0 saturated heterocycles. The first-order chi connectivity index (χ1) is 6.84. The van der Waals surface area contributed by atoms with Crippen LogP contribution in [0.4, 0.5) is 13.2 Å². The molecule has 0 aliphatic rings. The Hall–Kier alpha value is -0.740. The zero-order valence-electron chi connectivity index (χ0n) is 7.24. The van der Waals surface area contributed by atoms with Crippen LogP contribution in [-0.2, 0) is 6.18 Å². The Kier molecular flexibility index (Phi) is 3.62. The fourth-order valence-corrected chi connectivity index (χ4v) is 1.38. The maximum absolute atomic E-state index is 12.3. The second kappa shape index (κ2) is 4.41. The first kappa shape index (κ1) is 12.3. The van der Waals surface area contributed by atoms with E-state index in [4.69, 9.17) is 23.2 Å². The number of carbonyl (C=O) groups is 1. The van der Waals surface area contributed by atoms with Crippen molar-refractivity contribution < 1.29 is 18.0 Å². The maximum Gasteiger partial charge on any atom is 0.416 e. The molecule has 0 heterocycles. The summed E-state index contributed by atoms with van der Waals surface area (Å²) >= 11 is 10.7. The van der Waals surface area contributed by atoms with Crippen molar-refractivity contribution in [3.8, 4) is 0 Å². The summed E-state index contributed by atoms with van der Waals surface area (Å²) in [5.41, 5.74) is -1.09. The zero-order chi connectivity index (χ0) is 11.6. The molecule has 0 aliphatic carbocycles. The third kappa shape index (κ3) is 3.11. The minimum Gasteiger partial charge on any atom is -0.293 e. The number of hydrogen-bond donors (Lipinski definition) is 0. The van der Waals surface area contributed by atoms with Gasteiger partial charge in [-0.15, -0.1) is 11.6 Å². The van der Waals surface area contributed by atoms with E-state index in [1.54, 1.807) is 0 Å². The molecule has 0 radical (unpaired) electrons. The number of Topliss-reactive ketones (excluding diaryl/α,β-unsaturated/α-hetero) is 1. The van der Waals surface area contributed by atoms with Crippen molar-refractivity contribution in [2.75, 3.05) is 5.88 Å². The van der Waals surface area contributed by atoms with Crippen LogP contribution in [-0.4, -0.2) is 11.7 Å². The first-order valence-electron chi connectivity index (χ1n) is 3.81. The highest BCUT2D eigenvalue weighted by atomic mass is 35.5. The number of rotatable bonds is 2. The summed E-state index contributed by atoms with van der Waals surface area (Å²) in [5, 5.41) is -0.140. The average Bonchev–Trinajstić information content (AvgIpc) is 2.14. The molecule has 0 saturated carbocycles. The van der Waals surface area contributed by atoms with Crippen molar-refractivity contribution in [2.45, 2.75) is 6.18 Å². The largest absolute Gasteiger partial charge is 0.416 e. The van der Waals surface area contributed by atoms with E-state index < -0.39 is 17.5 Å². The molecular weight excluding hydrogens is 252 g/mol. The van der Waals surface area contributed by atoms with Crippen LogP contribution in [0.1, 0.15) is 15.9 Å². The van der Waals surface area contributed by atoms with Crippen LogP contribution >= 0.6 is 23.2 Å². The molecule has 1 rings (SSSR count). The van der Waals surface area contributed by atoms with Gasteiger partial charge in [-0.05, 0) is 18.2 Å². The summed E-state index contributed by atoms with van der Waals surface area (Å²) in [5.74, 6) is -0.970. The molecule has 0 aromatic heterocycles. The van der Waals surface area contributed by atoms with E-state index in [9.17, 15) is 18.0 Å². The SMILES string of the molecule is O=C(CCl)c1cc(Cl)cc(C(F)(F)F)c1. The van der Waals surface area contributed by atoms with Gasteiger partial charge in [-0.3, -0.25) is 4.79 Å². The van der Waals surface area contributed by atoms with Gasteiger partial charge in [0.1, 0.15) is 0 Å². The van der Waals surface area contributed by atoms with Gasteiger partial charge in [-0.2, -0.15) is 13.2 Å². The number of carbonyl (C=O) groups excluding carboxylic acids is 1. The van der Waals surface area contributed by atoms with Gasteiger partial charge in [0.05, 0.1) is 11.4 Å². The van der Waals surface area contributed by atoms with E-state index in [2.05, 4.69) is 0 Å². The van der Waals surface area contributed by atoms with Gasteiger partial charge in [0.15, 0.2) is 5.78 Å². The molecular formula is C9H5Cl2F3O. The Balaban J connectivity index is 3.23.